The van der Waals surface area contributed by atoms with Crippen LogP contribution in [0.3, 0.4) is 0 Å². The summed E-state index contributed by atoms with van der Waals surface area (Å²) >= 11 is 0. The first-order valence-corrected chi connectivity index (χ1v) is 10.2. The molecule has 2 heterocycles. The summed E-state index contributed by atoms with van der Waals surface area (Å²) in [4.78, 5) is 0. The number of para-hydroxylation sites is 1. The Morgan fingerprint density at radius 2 is 1.58 bits per heavy atom. The zero-order valence-electron chi connectivity index (χ0n) is 17.7. The Morgan fingerprint density at radius 1 is 0.839 bits per heavy atom. The Hall–Kier alpha value is -3.67. The number of hydrogen-bond donors (Lipinski definition) is 0. The van der Waals surface area contributed by atoms with Crippen molar-refractivity contribution in [3.63, 3.8) is 0 Å². The Labute approximate surface area is 181 Å². The highest BCUT2D eigenvalue weighted by molar-refractivity contribution is 6.02. The largest absolute Gasteiger partial charge is 0.497 e. The lowest BCUT2D eigenvalue weighted by molar-refractivity contribution is -0.0203. The predicted octanol–water partition coefficient (Wildman–Crippen LogP) is 4.95. The van der Waals surface area contributed by atoms with Crippen molar-refractivity contribution < 1.29 is 18.9 Å². The van der Waals surface area contributed by atoms with E-state index in [0.29, 0.717) is 5.75 Å². The second kappa shape index (κ2) is 7.87. The molecule has 158 valence electrons. The van der Waals surface area contributed by atoms with Crippen molar-refractivity contribution in [2.75, 3.05) is 21.3 Å². The average Bonchev–Trinajstić information content (AvgIpc) is 3.29. The van der Waals surface area contributed by atoms with Gasteiger partial charge in [0.15, 0.2) is 0 Å². The summed E-state index contributed by atoms with van der Waals surface area (Å²) in [6, 6.07) is 22.0. The highest BCUT2D eigenvalue weighted by atomic mass is 16.5. The molecule has 3 aromatic rings. The molecule has 0 N–H and O–H groups in total. The molecular formula is C25H24N2O4. The summed E-state index contributed by atoms with van der Waals surface area (Å²) in [6.07, 6.45) is 0.387. The fourth-order valence-electron chi connectivity index (χ4n) is 4.22. The quantitative estimate of drug-likeness (QED) is 0.589. The van der Waals surface area contributed by atoms with Gasteiger partial charge in [0.2, 0.25) is 6.23 Å². The number of hydrogen-bond acceptors (Lipinski definition) is 6. The topological polar surface area (TPSA) is 52.5 Å². The molecule has 31 heavy (non-hydrogen) atoms. The molecule has 0 aliphatic carbocycles. The van der Waals surface area contributed by atoms with Gasteiger partial charge in [0.25, 0.3) is 0 Å². The fourth-order valence-corrected chi connectivity index (χ4v) is 4.22. The number of rotatable bonds is 5. The Balaban J connectivity index is 1.58. The van der Waals surface area contributed by atoms with Gasteiger partial charge in [-0.05, 0) is 48.0 Å². The molecule has 0 spiro atoms. The smallest absolute Gasteiger partial charge is 0.217 e. The molecule has 0 unspecified atom stereocenters. The van der Waals surface area contributed by atoms with Gasteiger partial charge in [-0.2, -0.15) is 5.10 Å². The van der Waals surface area contributed by atoms with Crippen molar-refractivity contribution in [1.29, 1.82) is 0 Å². The first-order valence-electron chi connectivity index (χ1n) is 10.2. The van der Waals surface area contributed by atoms with Gasteiger partial charge in [0.05, 0.1) is 38.6 Å². The summed E-state index contributed by atoms with van der Waals surface area (Å²) in [5.41, 5.74) is 4.14. The van der Waals surface area contributed by atoms with E-state index in [1.54, 1.807) is 21.3 Å². The van der Waals surface area contributed by atoms with E-state index in [1.807, 2.05) is 65.7 Å². The van der Waals surface area contributed by atoms with Crippen LogP contribution in [-0.4, -0.2) is 32.0 Å². The molecule has 0 saturated carbocycles. The van der Waals surface area contributed by atoms with E-state index in [4.69, 9.17) is 24.0 Å². The van der Waals surface area contributed by atoms with E-state index in [-0.39, 0.29) is 6.04 Å². The van der Waals surface area contributed by atoms with Crippen LogP contribution >= 0.6 is 0 Å². The van der Waals surface area contributed by atoms with E-state index < -0.39 is 6.23 Å². The van der Waals surface area contributed by atoms with Gasteiger partial charge in [-0.1, -0.05) is 18.2 Å². The molecule has 2 atom stereocenters. The van der Waals surface area contributed by atoms with Crippen molar-refractivity contribution in [2.45, 2.75) is 18.7 Å². The monoisotopic (exact) mass is 416 g/mol. The Morgan fingerprint density at radius 3 is 2.32 bits per heavy atom. The normalized spacial score (nSPS) is 19.1. The third-order valence-corrected chi connectivity index (χ3v) is 5.83. The molecule has 0 aromatic heterocycles. The van der Waals surface area contributed by atoms with Crippen LogP contribution in [0.2, 0.25) is 0 Å². The van der Waals surface area contributed by atoms with E-state index in [0.717, 1.165) is 46.1 Å². The zero-order chi connectivity index (χ0) is 21.4. The van der Waals surface area contributed by atoms with E-state index in [9.17, 15) is 0 Å². The predicted molar refractivity (Wildman–Crippen MR) is 118 cm³/mol. The second-order valence-electron chi connectivity index (χ2n) is 7.49. The fraction of sp³-hybridized carbons (Fsp3) is 0.240. The number of fused-ring (bicyclic) bond motifs is 3. The van der Waals surface area contributed by atoms with Crippen LogP contribution in [0, 0.1) is 0 Å². The van der Waals surface area contributed by atoms with E-state index in [2.05, 4.69) is 6.07 Å². The van der Waals surface area contributed by atoms with Crippen LogP contribution in [0.1, 0.15) is 35.4 Å². The number of nitrogens with zero attached hydrogens (tertiary/aromatic N) is 2. The summed E-state index contributed by atoms with van der Waals surface area (Å²) < 4.78 is 22.8. The Kier molecular flexibility index (Phi) is 4.90. The van der Waals surface area contributed by atoms with Crippen LogP contribution in [0.25, 0.3) is 0 Å². The molecule has 5 rings (SSSR count). The summed E-state index contributed by atoms with van der Waals surface area (Å²) in [6.45, 7) is 0. The minimum Gasteiger partial charge on any atom is -0.497 e. The average molecular weight is 416 g/mol. The lowest BCUT2D eigenvalue weighted by Crippen LogP contribution is -2.33. The van der Waals surface area contributed by atoms with E-state index in [1.165, 1.54) is 0 Å². The SMILES string of the molecule is COc1ccc(C2=NN3[C@@H](C2)c2ccccc2O[C@H]3c2ccc(OC)cc2OC)cc1. The molecular weight excluding hydrogens is 392 g/mol. The summed E-state index contributed by atoms with van der Waals surface area (Å²) in [5.74, 6) is 3.14. The first kappa shape index (κ1) is 19.3. The van der Waals surface area contributed by atoms with Crippen LogP contribution in [0.4, 0.5) is 0 Å². The molecule has 6 nitrogen and oxygen atoms in total. The highest BCUT2D eigenvalue weighted by Crippen LogP contribution is 2.49. The lowest BCUT2D eigenvalue weighted by atomic mass is 9.96. The first-order chi connectivity index (χ1) is 15.2. The van der Waals surface area contributed by atoms with Crippen molar-refractivity contribution in [3.8, 4) is 23.0 Å². The minimum absolute atomic E-state index is 0.0823. The van der Waals surface area contributed by atoms with Crippen LogP contribution in [-0.2, 0) is 0 Å². The molecule has 2 aliphatic rings. The van der Waals surface area contributed by atoms with Gasteiger partial charge in [-0.15, -0.1) is 0 Å². The third kappa shape index (κ3) is 3.34. The van der Waals surface area contributed by atoms with Crippen molar-refractivity contribution in [2.24, 2.45) is 5.10 Å². The molecule has 0 bridgehead atoms. The third-order valence-electron chi connectivity index (χ3n) is 5.83. The van der Waals surface area contributed by atoms with Gasteiger partial charge in [-0.25, -0.2) is 5.01 Å². The molecule has 6 heteroatoms. The maximum atomic E-state index is 6.45. The number of hydrazone groups is 1. The summed E-state index contributed by atoms with van der Waals surface area (Å²) in [7, 11) is 4.97. The molecule has 0 fully saturated rings. The van der Waals surface area contributed by atoms with Gasteiger partial charge in [0.1, 0.15) is 23.0 Å². The molecule has 0 radical (unpaired) electrons. The number of ether oxygens (including phenoxy) is 4. The minimum atomic E-state index is -0.406. The van der Waals surface area contributed by atoms with Crippen molar-refractivity contribution >= 4 is 5.71 Å². The van der Waals surface area contributed by atoms with Crippen LogP contribution in [0.15, 0.2) is 71.8 Å². The maximum absolute atomic E-state index is 6.45. The molecule has 3 aromatic carbocycles. The van der Waals surface area contributed by atoms with Crippen molar-refractivity contribution in [1.82, 2.24) is 5.01 Å². The second-order valence-corrected chi connectivity index (χ2v) is 7.49. The molecule has 2 aliphatic heterocycles. The van der Waals surface area contributed by atoms with Gasteiger partial charge < -0.3 is 18.9 Å². The lowest BCUT2D eigenvalue weighted by Gasteiger charge is -2.38. The van der Waals surface area contributed by atoms with Gasteiger partial charge in [0, 0.05) is 18.1 Å². The van der Waals surface area contributed by atoms with Gasteiger partial charge in [-0.3, -0.25) is 0 Å². The zero-order valence-corrected chi connectivity index (χ0v) is 17.7. The summed E-state index contributed by atoms with van der Waals surface area (Å²) in [5, 5.41) is 7.06. The number of benzene rings is 3. The molecule has 0 saturated heterocycles. The standard InChI is InChI=1S/C25H24N2O4/c1-28-17-10-8-16(9-11-17)21-15-22-19-6-4-5-7-23(19)31-25(27(22)26-21)20-13-12-18(29-2)14-24(20)30-3/h4-14,22,25H,15H2,1-3H3/t22-,25-/m0/s1. The van der Waals surface area contributed by atoms with Crippen LogP contribution in [0.5, 0.6) is 23.0 Å². The number of methoxy groups -OCH3 is 3. The molecule has 0 amide bonds. The van der Waals surface area contributed by atoms with Crippen LogP contribution < -0.4 is 18.9 Å². The van der Waals surface area contributed by atoms with Crippen molar-refractivity contribution in [3.05, 3.63) is 83.4 Å². The Bertz CT molecular complexity index is 1130. The maximum Gasteiger partial charge on any atom is 0.217 e. The van der Waals surface area contributed by atoms with Gasteiger partial charge >= 0.3 is 0 Å². The highest BCUT2D eigenvalue weighted by Gasteiger charge is 2.41. The van der Waals surface area contributed by atoms with E-state index >= 15 is 0 Å².